The van der Waals surface area contributed by atoms with E-state index in [4.69, 9.17) is 0 Å². The second-order valence-corrected chi connectivity index (χ2v) is 12.1. The van der Waals surface area contributed by atoms with Crippen molar-refractivity contribution in [3.05, 3.63) is 22.8 Å². The highest BCUT2D eigenvalue weighted by molar-refractivity contribution is 5.69. The summed E-state index contributed by atoms with van der Waals surface area (Å²) in [6.07, 6.45) is 12.6. The van der Waals surface area contributed by atoms with Crippen LogP contribution < -0.4 is 5.11 Å². The van der Waals surface area contributed by atoms with Crippen molar-refractivity contribution in [2.24, 2.45) is 40.4 Å². The molecule has 8 atom stereocenters. The standard InChI is InChI=1S/C28H44O3/c1-17(2)7-6-8-18(3)20-11-12-21-19-9-10-23-25(26(30)31)24(29)14-16-28(23,5)22(19)13-15-27(20,21)4/h7,18,20-21,23-25,29H,6,8-16H2,1-5H3,(H,30,31)/p-1/t18-,20-,21+,23+,24+,25?,27-,28-/m1/s1. The van der Waals surface area contributed by atoms with E-state index in [1.807, 2.05) is 0 Å². The summed E-state index contributed by atoms with van der Waals surface area (Å²) in [6, 6.07) is 0. The Morgan fingerprint density at radius 3 is 2.58 bits per heavy atom. The van der Waals surface area contributed by atoms with Crippen LogP contribution in [0.15, 0.2) is 22.8 Å². The van der Waals surface area contributed by atoms with Crippen LogP contribution in [0.25, 0.3) is 0 Å². The molecule has 2 fully saturated rings. The molecule has 0 aliphatic heterocycles. The lowest BCUT2D eigenvalue weighted by molar-refractivity contribution is -0.319. The molecule has 1 unspecified atom stereocenters. The molecule has 4 aliphatic rings. The van der Waals surface area contributed by atoms with Gasteiger partial charge in [-0.15, -0.1) is 0 Å². The van der Waals surface area contributed by atoms with E-state index in [0.717, 1.165) is 37.5 Å². The van der Waals surface area contributed by atoms with Crippen LogP contribution in [-0.2, 0) is 4.79 Å². The van der Waals surface area contributed by atoms with Crippen molar-refractivity contribution in [3.8, 4) is 0 Å². The average Bonchev–Trinajstić information content (AvgIpc) is 3.05. The SMILES string of the molecule is CC(C)=CCC[C@@H](C)[C@H]1CC[C@H]2C3=C(CC[C@]12C)[C@@]1(C)CC[C@H](O)C(C(=O)[O-])[C@@H]1CC3. The zero-order valence-corrected chi connectivity index (χ0v) is 20.4. The second kappa shape index (κ2) is 8.36. The van der Waals surface area contributed by atoms with Gasteiger partial charge >= 0.3 is 0 Å². The predicted molar refractivity (Wildman–Crippen MR) is 123 cm³/mol. The van der Waals surface area contributed by atoms with E-state index in [-0.39, 0.29) is 11.3 Å². The molecule has 3 nitrogen and oxygen atoms in total. The number of carboxylic acid groups (broad SMARTS) is 1. The number of aliphatic carboxylic acids is 1. The number of allylic oxidation sites excluding steroid dienone is 4. The van der Waals surface area contributed by atoms with Crippen molar-refractivity contribution in [2.45, 2.75) is 105 Å². The number of rotatable bonds is 5. The van der Waals surface area contributed by atoms with Crippen LogP contribution in [0.5, 0.6) is 0 Å². The number of fused-ring (bicyclic) bond motifs is 4. The normalized spacial score (nSPS) is 43.0. The fourth-order valence-electron chi connectivity index (χ4n) is 8.69. The van der Waals surface area contributed by atoms with Crippen molar-refractivity contribution in [3.63, 3.8) is 0 Å². The molecule has 0 aromatic heterocycles. The van der Waals surface area contributed by atoms with Crippen molar-refractivity contribution >= 4 is 5.97 Å². The molecule has 0 heterocycles. The summed E-state index contributed by atoms with van der Waals surface area (Å²) in [5, 5.41) is 22.4. The highest BCUT2D eigenvalue weighted by Crippen LogP contribution is 2.66. The summed E-state index contributed by atoms with van der Waals surface area (Å²) in [4.78, 5) is 11.9. The number of aliphatic hydroxyl groups is 1. The Balaban J connectivity index is 1.59. The van der Waals surface area contributed by atoms with Gasteiger partial charge in [-0.3, -0.25) is 0 Å². The third kappa shape index (κ3) is 3.73. The first-order valence-electron chi connectivity index (χ1n) is 12.8. The molecule has 174 valence electrons. The Bertz CT molecular complexity index is 775. The zero-order chi connectivity index (χ0) is 22.6. The topological polar surface area (TPSA) is 60.4 Å². The highest BCUT2D eigenvalue weighted by atomic mass is 16.4. The molecule has 4 rings (SSSR count). The Hall–Kier alpha value is -1.09. The molecular formula is C28H43O3-. The monoisotopic (exact) mass is 427 g/mol. The first kappa shape index (κ1) is 23.1. The van der Waals surface area contributed by atoms with Crippen LogP contribution in [-0.4, -0.2) is 17.2 Å². The second-order valence-electron chi connectivity index (χ2n) is 12.1. The van der Waals surface area contributed by atoms with E-state index >= 15 is 0 Å². The number of hydrogen-bond acceptors (Lipinski definition) is 3. The summed E-state index contributed by atoms with van der Waals surface area (Å²) in [5.41, 5.74) is 5.04. The lowest BCUT2D eigenvalue weighted by atomic mass is 9.48. The molecule has 4 aliphatic carbocycles. The average molecular weight is 428 g/mol. The van der Waals surface area contributed by atoms with Gasteiger partial charge in [0.15, 0.2) is 0 Å². The quantitative estimate of drug-likeness (QED) is 0.595. The van der Waals surface area contributed by atoms with Crippen molar-refractivity contribution in [2.75, 3.05) is 0 Å². The molecule has 31 heavy (non-hydrogen) atoms. The van der Waals surface area contributed by atoms with E-state index in [0.29, 0.717) is 17.8 Å². The van der Waals surface area contributed by atoms with Crippen LogP contribution in [0.3, 0.4) is 0 Å². The molecule has 3 heteroatoms. The Morgan fingerprint density at radius 1 is 1.16 bits per heavy atom. The fraction of sp³-hybridized carbons (Fsp3) is 0.821. The summed E-state index contributed by atoms with van der Waals surface area (Å²) in [6.45, 7) is 11.7. The molecule has 1 N–H and O–H groups in total. The number of carbonyl (C=O) groups excluding carboxylic acids is 1. The molecule has 0 aromatic carbocycles. The third-order valence-electron chi connectivity index (χ3n) is 10.3. The number of aliphatic hydroxyl groups excluding tert-OH is 1. The van der Waals surface area contributed by atoms with Crippen molar-refractivity contribution in [1.82, 2.24) is 0 Å². The first-order chi connectivity index (χ1) is 14.6. The molecule has 0 spiro atoms. The molecule has 0 bridgehead atoms. The molecular weight excluding hydrogens is 384 g/mol. The number of hydrogen-bond donors (Lipinski definition) is 1. The van der Waals surface area contributed by atoms with Gasteiger partial charge in [-0.25, -0.2) is 0 Å². The fourth-order valence-corrected chi connectivity index (χ4v) is 8.69. The van der Waals surface area contributed by atoms with Gasteiger partial charge < -0.3 is 15.0 Å². The van der Waals surface area contributed by atoms with Crippen LogP contribution in [0, 0.1) is 40.4 Å². The lowest BCUT2D eigenvalue weighted by Crippen LogP contribution is -2.54. The predicted octanol–water partition coefficient (Wildman–Crippen LogP) is 5.43. The zero-order valence-electron chi connectivity index (χ0n) is 20.4. The summed E-state index contributed by atoms with van der Waals surface area (Å²) in [7, 11) is 0. The van der Waals surface area contributed by atoms with Crippen LogP contribution in [0.2, 0.25) is 0 Å². The maximum Gasteiger partial charge on any atom is 0.0623 e. The lowest BCUT2D eigenvalue weighted by Gasteiger charge is -2.57. The summed E-state index contributed by atoms with van der Waals surface area (Å²) in [5.74, 6) is 0.522. The first-order valence-corrected chi connectivity index (χ1v) is 12.8. The Morgan fingerprint density at radius 2 is 1.90 bits per heavy atom. The maximum atomic E-state index is 11.9. The maximum absolute atomic E-state index is 11.9. The van der Waals surface area contributed by atoms with Gasteiger partial charge in [0.2, 0.25) is 0 Å². The largest absolute Gasteiger partial charge is 0.550 e. The van der Waals surface area contributed by atoms with E-state index in [1.165, 1.54) is 37.7 Å². The van der Waals surface area contributed by atoms with Crippen LogP contribution in [0.1, 0.15) is 98.8 Å². The van der Waals surface area contributed by atoms with Gasteiger partial charge in [-0.05, 0) is 113 Å². The van der Waals surface area contributed by atoms with Crippen LogP contribution in [0.4, 0.5) is 0 Å². The minimum Gasteiger partial charge on any atom is -0.550 e. The Kier molecular flexibility index (Phi) is 6.22. The van der Waals surface area contributed by atoms with Gasteiger partial charge in [0.05, 0.1) is 6.10 Å². The number of carboxylic acids is 1. The van der Waals surface area contributed by atoms with Crippen LogP contribution >= 0.6 is 0 Å². The highest BCUT2D eigenvalue weighted by Gasteiger charge is 2.57. The van der Waals surface area contributed by atoms with Gasteiger partial charge in [0.1, 0.15) is 0 Å². The van der Waals surface area contributed by atoms with Gasteiger partial charge in [0, 0.05) is 11.9 Å². The van der Waals surface area contributed by atoms with E-state index in [1.54, 1.807) is 11.1 Å². The van der Waals surface area contributed by atoms with E-state index in [9.17, 15) is 15.0 Å². The molecule has 0 radical (unpaired) electrons. The van der Waals surface area contributed by atoms with Gasteiger partial charge in [-0.2, -0.15) is 0 Å². The molecule has 0 amide bonds. The Labute approximate surface area is 189 Å². The van der Waals surface area contributed by atoms with Crippen molar-refractivity contribution < 1.29 is 15.0 Å². The third-order valence-corrected chi connectivity index (χ3v) is 10.3. The van der Waals surface area contributed by atoms with Crippen molar-refractivity contribution in [1.29, 1.82) is 0 Å². The van der Waals surface area contributed by atoms with Gasteiger partial charge in [0.25, 0.3) is 0 Å². The summed E-state index contributed by atoms with van der Waals surface area (Å²) >= 11 is 0. The minimum absolute atomic E-state index is 0.0320. The summed E-state index contributed by atoms with van der Waals surface area (Å²) < 4.78 is 0. The molecule has 2 saturated carbocycles. The van der Waals surface area contributed by atoms with Gasteiger partial charge in [-0.1, -0.05) is 43.6 Å². The molecule has 0 saturated heterocycles. The van der Waals surface area contributed by atoms with E-state index < -0.39 is 18.0 Å². The molecule has 0 aromatic rings. The number of carbonyl (C=O) groups is 1. The van der Waals surface area contributed by atoms with E-state index in [2.05, 4.69) is 40.7 Å². The minimum atomic E-state index is -1.04. The smallest absolute Gasteiger partial charge is 0.0623 e.